The molecule has 0 unspecified atom stereocenters. The summed E-state index contributed by atoms with van der Waals surface area (Å²) in [6.45, 7) is 12.3. The molecule has 3 N–H and O–H groups in total. The summed E-state index contributed by atoms with van der Waals surface area (Å²) in [5, 5.41) is 8.07. The maximum absolute atomic E-state index is 12.6. The highest BCUT2D eigenvalue weighted by Gasteiger charge is 2.26. The van der Waals surface area contributed by atoms with E-state index in [2.05, 4.69) is 16.0 Å². The van der Waals surface area contributed by atoms with Gasteiger partial charge in [-0.15, -0.1) is 0 Å². The maximum Gasteiger partial charge on any atom is 0.407 e. The quantitative estimate of drug-likeness (QED) is 0.539. The molecule has 8 nitrogen and oxygen atoms in total. The second kappa shape index (κ2) is 11.6. The number of Topliss-reactive ketones (excluding diaryl/α,β-unsaturated/α-hetero) is 1. The maximum atomic E-state index is 12.6. The van der Waals surface area contributed by atoms with Crippen molar-refractivity contribution in [2.75, 3.05) is 0 Å². The van der Waals surface area contributed by atoms with Crippen molar-refractivity contribution in [3.63, 3.8) is 0 Å². The SMILES string of the molecule is C[C@H](NC(=O)C[C@H](CC(=O)NC(C)(C)C)NC(=O)OC(C)(C)C)C(=O)Cc1ccccc1. The Morgan fingerprint density at radius 3 is 1.97 bits per heavy atom. The molecule has 0 heterocycles. The Balaban J connectivity index is 2.74. The summed E-state index contributed by atoms with van der Waals surface area (Å²) < 4.78 is 5.25. The Hall–Kier alpha value is -2.90. The molecule has 32 heavy (non-hydrogen) atoms. The monoisotopic (exact) mass is 447 g/mol. The topological polar surface area (TPSA) is 114 Å². The number of ketones is 1. The molecule has 1 aromatic carbocycles. The number of benzene rings is 1. The van der Waals surface area contributed by atoms with Crippen LogP contribution in [0.1, 0.15) is 66.9 Å². The van der Waals surface area contributed by atoms with Crippen LogP contribution < -0.4 is 16.0 Å². The molecule has 3 amide bonds. The minimum absolute atomic E-state index is 0.101. The Kier molecular flexibility index (Phi) is 9.87. The molecule has 0 spiro atoms. The highest BCUT2D eigenvalue weighted by molar-refractivity contribution is 5.90. The number of carbonyl (C=O) groups excluding carboxylic acids is 4. The lowest BCUT2D eigenvalue weighted by molar-refractivity contribution is -0.128. The first-order valence-corrected chi connectivity index (χ1v) is 10.8. The molecule has 8 heteroatoms. The van der Waals surface area contributed by atoms with Crippen LogP contribution in [0, 0.1) is 0 Å². The smallest absolute Gasteiger partial charge is 0.407 e. The number of amides is 3. The lowest BCUT2D eigenvalue weighted by Gasteiger charge is -2.25. The minimum atomic E-state index is -0.788. The molecular formula is C24H37N3O5. The van der Waals surface area contributed by atoms with Crippen molar-refractivity contribution in [3.05, 3.63) is 35.9 Å². The van der Waals surface area contributed by atoms with Crippen molar-refractivity contribution in [1.82, 2.24) is 16.0 Å². The number of carbonyl (C=O) groups is 4. The zero-order valence-electron chi connectivity index (χ0n) is 20.2. The average molecular weight is 448 g/mol. The molecule has 0 bridgehead atoms. The molecule has 0 fully saturated rings. The molecule has 1 aromatic rings. The van der Waals surface area contributed by atoms with Gasteiger partial charge < -0.3 is 20.7 Å². The van der Waals surface area contributed by atoms with Crippen molar-refractivity contribution in [1.29, 1.82) is 0 Å². The Bertz CT molecular complexity index is 764. The van der Waals surface area contributed by atoms with Gasteiger partial charge in [-0.25, -0.2) is 4.79 Å². The third kappa shape index (κ3) is 12.1. The van der Waals surface area contributed by atoms with Gasteiger partial charge in [0.15, 0.2) is 5.78 Å². The van der Waals surface area contributed by atoms with Crippen molar-refractivity contribution < 1.29 is 23.9 Å². The highest BCUT2D eigenvalue weighted by Crippen LogP contribution is 2.10. The second-order valence-corrected chi connectivity index (χ2v) is 9.97. The van der Waals surface area contributed by atoms with E-state index in [4.69, 9.17) is 4.74 Å². The molecule has 0 aliphatic carbocycles. The van der Waals surface area contributed by atoms with Crippen LogP contribution in [0.4, 0.5) is 4.79 Å². The van der Waals surface area contributed by atoms with Gasteiger partial charge in [-0.05, 0) is 54.0 Å². The molecule has 0 aliphatic rings. The summed E-state index contributed by atoms with van der Waals surface area (Å²) in [6.07, 6.45) is -0.779. The van der Waals surface area contributed by atoms with Gasteiger partial charge in [0.25, 0.3) is 0 Å². The lowest BCUT2D eigenvalue weighted by Crippen LogP contribution is -2.48. The van der Waals surface area contributed by atoms with E-state index >= 15 is 0 Å². The number of rotatable bonds is 9. The van der Waals surface area contributed by atoms with Crippen LogP contribution in [-0.2, 0) is 25.5 Å². The molecule has 2 atom stereocenters. The Labute approximate surface area is 190 Å². The Morgan fingerprint density at radius 1 is 0.875 bits per heavy atom. The van der Waals surface area contributed by atoms with Crippen molar-refractivity contribution >= 4 is 23.7 Å². The van der Waals surface area contributed by atoms with E-state index < -0.39 is 35.2 Å². The summed E-state index contributed by atoms with van der Waals surface area (Å²) in [5.41, 5.74) is -0.307. The van der Waals surface area contributed by atoms with E-state index in [1.165, 1.54) is 0 Å². The first-order valence-electron chi connectivity index (χ1n) is 10.8. The van der Waals surface area contributed by atoms with E-state index in [1.54, 1.807) is 27.7 Å². The molecule has 0 aliphatic heterocycles. The predicted molar refractivity (Wildman–Crippen MR) is 123 cm³/mol. The van der Waals surface area contributed by atoms with Gasteiger partial charge >= 0.3 is 6.09 Å². The minimum Gasteiger partial charge on any atom is -0.444 e. The number of hydrogen-bond acceptors (Lipinski definition) is 5. The summed E-state index contributed by atoms with van der Waals surface area (Å²) in [6, 6.07) is 7.77. The first-order chi connectivity index (χ1) is 14.6. The van der Waals surface area contributed by atoms with Gasteiger partial charge in [0.1, 0.15) is 5.60 Å². The summed E-state index contributed by atoms with van der Waals surface area (Å²) in [4.78, 5) is 49.6. The van der Waals surface area contributed by atoms with E-state index in [-0.39, 0.29) is 31.0 Å². The number of alkyl carbamates (subject to hydrolysis) is 1. The van der Waals surface area contributed by atoms with Crippen molar-refractivity contribution in [3.8, 4) is 0 Å². The molecule has 0 aromatic heterocycles. The largest absolute Gasteiger partial charge is 0.444 e. The highest BCUT2D eigenvalue weighted by atomic mass is 16.6. The van der Waals surface area contributed by atoms with Crippen LogP contribution in [0.15, 0.2) is 30.3 Å². The van der Waals surface area contributed by atoms with E-state index in [9.17, 15) is 19.2 Å². The first kappa shape index (κ1) is 27.1. The molecule has 178 valence electrons. The predicted octanol–water partition coefficient (Wildman–Crippen LogP) is 2.89. The number of ether oxygens (including phenoxy) is 1. The van der Waals surface area contributed by atoms with Crippen LogP contribution in [0.5, 0.6) is 0 Å². The van der Waals surface area contributed by atoms with Gasteiger partial charge in [0.05, 0.1) is 6.04 Å². The third-order valence-electron chi connectivity index (χ3n) is 4.18. The van der Waals surface area contributed by atoms with Crippen molar-refractivity contribution in [2.45, 2.75) is 91.0 Å². The number of hydrogen-bond donors (Lipinski definition) is 3. The van der Waals surface area contributed by atoms with E-state index in [0.29, 0.717) is 0 Å². The third-order valence-corrected chi connectivity index (χ3v) is 4.18. The fourth-order valence-corrected chi connectivity index (χ4v) is 2.90. The van der Waals surface area contributed by atoms with Crippen LogP contribution in [0.25, 0.3) is 0 Å². The fourth-order valence-electron chi connectivity index (χ4n) is 2.90. The van der Waals surface area contributed by atoms with Crippen LogP contribution in [0.3, 0.4) is 0 Å². The zero-order valence-corrected chi connectivity index (χ0v) is 20.2. The van der Waals surface area contributed by atoms with Crippen LogP contribution in [-0.4, -0.2) is 46.9 Å². The average Bonchev–Trinajstić information content (AvgIpc) is 2.58. The molecule has 0 radical (unpaired) electrons. The van der Waals surface area contributed by atoms with Gasteiger partial charge in [-0.2, -0.15) is 0 Å². The lowest BCUT2D eigenvalue weighted by atomic mass is 10.0. The van der Waals surface area contributed by atoms with Gasteiger partial charge in [-0.1, -0.05) is 30.3 Å². The second-order valence-electron chi connectivity index (χ2n) is 9.97. The Morgan fingerprint density at radius 2 is 1.44 bits per heavy atom. The molecule has 0 saturated heterocycles. The van der Waals surface area contributed by atoms with Crippen molar-refractivity contribution in [2.24, 2.45) is 0 Å². The molecular weight excluding hydrogens is 410 g/mol. The molecule has 1 rings (SSSR count). The normalized spacial score (nSPS) is 13.5. The number of nitrogens with one attached hydrogen (secondary N) is 3. The zero-order chi connectivity index (χ0) is 24.5. The van der Waals surface area contributed by atoms with Gasteiger partial charge in [-0.3, -0.25) is 14.4 Å². The molecule has 0 saturated carbocycles. The van der Waals surface area contributed by atoms with E-state index in [0.717, 1.165) is 5.56 Å². The van der Waals surface area contributed by atoms with Crippen LogP contribution >= 0.6 is 0 Å². The fraction of sp³-hybridized carbons (Fsp3) is 0.583. The summed E-state index contributed by atoms with van der Waals surface area (Å²) >= 11 is 0. The summed E-state index contributed by atoms with van der Waals surface area (Å²) in [5.74, 6) is -0.880. The summed E-state index contributed by atoms with van der Waals surface area (Å²) in [7, 11) is 0. The standard InChI is InChI=1S/C24H37N3O5/c1-16(19(28)13-17-11-9-8-10-12-17)25-20(29)14-18(15-21(30)27-23(2,3)4)26-22(31)32-24(5,6)7/h8-12,16,18H,13-15H2,1-7H3,(H,25,29)(H,26,31)(H,27,30)/t16-,18+/m0/s1. The van der Waals surface area contributed by atoms with Gasteiger partial charge in [0, 0.05) is 30.8 Å². The van der Waals surface area contributed by atoms with Gasteiger partial charge in [0.2, 0.25) is 11.8 Å². The van der Waals surface area contributed by atoms with E-state index in [1.807, 2.05) is 51.1 Å². The van der Waals surface area contributed by atoms with Crippen LogP contribution in [0.2, 0.25) is 0 Å².